The first kappa shape index (κ1) is 14.3. The predicted octanol–water partition coefficient (Wildman–Crippen LogP) is 4.07. The quantitative estimate of drug-likeness (QED) is 0.502. The fourth-order valence-electron chi connectivity index (χ4n) is 2.86. The van der Waals surface area contributed by atoms with Crippen molar-refractivity contribution in [2.45, 2.75) is 5.82 Å². The Bertz CT molecular complexity index is 958. The van der Waals surface area contributed by atoms with Crippen LogP contribution in [0.1, 0.15) is 0 Å². The molecular formula is C20H16N2Se. The molecule has 3 heteroatoms. The van der Waals surface area contributed by atoms with Gasteiger partial charge >= 0.3 is 142 Å². The van der Waals surface area contributed by atoms with Crippen LogP contribution in [-0.2, 0) is 0 Å². The maximum atomic E-state index is 4.78. The molecule has 0 radical (unpaired) electrons. The average molecular weight is 363 g/mol. The number of fused-ring (bicyclic) bond motifs is 1. The van der Waals surface area contributed by atoms with E-state index in [0.29, 0.717) is 15.0 Å². The molecular weight excluding hydrogens is 347 g/mol. The van der Waals surface area contributed by atoms with Crippen molar-refractivity contribution < 1.29 is 0 Å². The van der Waals surface area contributed by atoms with Gasteiger partial charge in [0.1, 0.15) is 0 Å². The van der Waals surface area contributed by atoms with Gasteiger partial charge in [0.15, 0.2) is 0 Å². The summed E-state index contributed by atoms with van der Waals surface area (Å²) in [7, 11) is 0. The van der Waals surface area contributed by atoms with Crippen LogP contribution < -0.4 is 4.46 Å². The van der Waals surface area contributed by atoms with Gasteiger partial charge in [-0.15, -0.1) is 0 Å². The molecule has 112 valence electrons. The van der Waals surface area contributed by atoms with E-state index in [1.807, 2.05) is 29.1 Å². The van der Waals surface area contributed by atoms with Gasteiger partial charge in [-0.05, 0) is 0 Å². The molecule has 1 heterocycles. The summed E-state index contributed by atoms with van der Waals surface area (Å²) in [6.45, 7) is 0. The van der Waals surface area contributed by atoms with Crippen molar-refractivity contribution in [3.8, 4) is 16.9 Å². The van der Waals surface area contributed by atoms with E-state index < -0.39 is 0 Å². The summed E-state index contributed by atoms with van der Waals surface area (Å²) >= 11 is 0.484. The normalized spacial score (nSPS) is 11.0. The molecule has 0 N–H and O–H groups in total. The van der Waals surface area contributed by atoms with Crippen LogP contribution in [-0.4, -0.2) is 24.7 Å². The third-order valence-electron chi connectivity index (χ3n) is 3.98. The third-order valence-corrected chi connectivity index (χ3v) is 5.65. The van der Waals surface area contributed by atoms with Crippen LogP contribution in [0.2, 0.25) is 5.82 Å². The van der Waals surface area contributed by atoms with Crippen LogP contribution in [0, 0.1) is 0 Å². The molecule has 0 aliphatic rings. The third kappa shape index (κ3) is 2.59. The Balaban J connectivity index is 1.86. The molecule has 0 fully saturated rings. The Hall–Kier alpha value is -2.35. The molecule has 23 heavy (non-hydrogen) atoms. The second kappa shape index (κ2) is 6.04. The molecule has 4 aromatic rings. The van der Waals surface area contributed by atoms with Gasteiger partial charge in [0.05, 0.1) is 0 Å². The van der Waals surface area contributed by atoms with E-state index in [1.54, 1.807) is 0 Å². The minimum atomic E-state index is 0.484. The Morgan fingerprint density at radius 2 is 1.57 bits per heavy atom. The Morgan fingerprint density at radius 3 is 2.39 bits per heavy atom. The Morgan fingerprint density at radius 1 is 0.783 bits per heavy atom. The second-order valence-corrected chi connectivity index (χ2v) is 7.12. The molecule has 0 saturated heterocycles. The molecule has 0 amide bonds. The summed E-state index contributed by atoms with van der Waals surface area (Å²) in [6, 6.07) is 25.4. The van der Waals surface area contributed by atoms with Crippen LogP contribution in [0.5, 0.6) is 0 Å². The molecule has 3 aromatic carbocycles. The zero-order chi connectivity index (χ0) is 15.6. The number of hydrogen-bond acceptors (Lipinski definition) is 1. The fraction of sp³-hybridized carbons (Fsp3) is 0.0500. The van der Waals surface area contributed by atoms with Gasteiger partial charge in [0.25, 0.3) is 0 Å². The van der Waals surface area contributed by atoms with E-state index in [1.165, 1.54) is 15.2 Å². The Labute approximate surface area is 141 Å². The molecule has 0 aliphatic carbocycles. The van der Waals surface area contributed by atoms with E-state index in [0.717, 1.165) is 16.9 Å². The summed E-state index contributed by atoms with van der Waals surface area (Å²) in [5.74, 6) is 2.26. The summed E-state index contributed by atoms with van der Waals surface area (Å²) in [6.07, 6.45) is 2.04. The number of benzene rings is 3. The zero-order valence-corrected chi connectivity index (χ0v) is 14.5. The SMILES string of the molecule is C[Se]c1cccc2c(-n3ccc(-c4ccccc4)n3)cccc12. The molecule has 0 aliphatic heterocycles. The van der Waals surface area contributed by atoms with Gasteiger partial charge in [-0.2, -0.15) is 0 Å². The first-order valence-corrected chi connectivity index (χ1v) is 10.1. The van der Waals surface area contributed by atoms with Gasteiger partial charge in [-0.1, -0.05) is 0 Å². The van der Waals surface area contributed by atoms with Crippen LogP contribution in [0.15, 0.2) is 79.0 Å². The molecule has 2 nitrogen and oxygen atoms in total. The molecule has 0 unspecified atom stereocenters. The van der Waals surface area contributed by atoms with Gasteiger partial charge in [-0.25, -0.2) is 0 Å². The fourth-order valence-corrected chi connectivity index (χ4v) is 4.15. The van der Waals surface area contributed by atoms with Crippen LogP contribution >= 0.6 is 0 Å². The Kier molecular flexibility index (Phi) is 3.74. The van der Waals surface area contributed by atoms with E-state index >= 15 is 0 Å². The molecule has 0 spiro atoms. The molecule has 4 rings (SSSR count). The van der Waals surface area contributed by atoms with Crippen molar-refractivity contribution in [3.05, 3.63) is 79.0 Å². The average Bonchev–Trinajstić information content (AvgIpc) is 3.11. The van der Waals surface area contributed by atoms with Crippen molar-refractivity contribution in [1.29, 1.82) is 0 Å². The number of rotatable bonds is 3. The standard InChI is InChI=1S/C20H16N2Se/c1-23-20-12-6-9-16-17(20)10-5-11-19(16)22-14-13-18(21-22)15-7-3-2-4-8-15/h2-14H,1H3. The molecule has 0 bridgehead atoms. The monoisotopic (exact) mass is 364 g/mol. The summed E-state index contributed by atoms with van der Waals surface area (Å²) in [4.78, 5) is 0. The first-order chi connectivity index (χ1) is 11.4. The minimum absolute atomic E-state index is 0.484. The molecule has 1 aromatic heterocycles. The zero-order valence-electron chi connectivity index (χ0n) is 12.8. The van der Waals surface area contributed by atoms with Crippen LogP contribution in [0.25, 0.3) is 27.7 Å². The van der Waals surface area contributed by atoms with Gasteiger partial charge in [0, 0.05) is 0 Å². The molecule has 0 saturated carbocycles. The second-order valence-electron chi connectivity index (χ2n) is 5.34. The first-order valence-electron chi connectivity index (χ1n) is 7.54. The topological polar surface area (TPSA) is 17.8 Å². The van der Waals surface area contributed by atoms with E-state index in [9.17, 15) is 0 Å². The predicted molar refractivity (Wildman–Crippen MR) is 97.8 cm³/mol. The van der Waals surface area contributed by atoms with Crippen molar-refractivity contribution in [1.82, 2.24) is 9.78 Å². The van der Waals surface area contributed by atoms with E-state index in [4.69, 9.17) is 5.10 Å². The number of hydrogen-bond donors (Lipinski definition) is 0. The summed E-state index contributed by atoms with van der Waals surface area (Å²) in [5, 5.41) is 7.38. The van der Waals surface area contributed by atoms with Crippen LogP contribution in [0.3, 0.4) is 0 Å². The number of nitrogens with zero attached hydrogens (tertiary/aromatic N) is 2. The number of aromatic nitrogens is 2. The van der Waals surface area contributed by atoms with Crippen LogP contribution in [0.4, 0.5) is 0 Å². The van der Waals surface area contributed by atoms with Crippen molar-refractivity contribution in [2.24, 2.45) is 0 Å². The van der Waals surface area contributed by atoms with E-state index in [-0.39, 0.29) is 0 Å². The molecule has 0 atom stereocenters. The van der Waals surface area contributed by atoms with Crippen molar-refractivity contribution in [3.63, 3.8) is 0 Å². The van der Waals surface area contributed by atoms with Gasteiger partial charge < -0.3 is 0 Å². The summed E-state index contributed by atoms with van der Waals surface area (Å²) < 4.78 is 3.42. The van der Waals surface area contributed by atoms with Crippen molar-refractivity contribution in [2.75, 3.05) is 0 Å². The van der Waals surface area contributed by atoms with E-state index in [2.05, 4.69) is 60.4 Å². The van der Waals surface area contributed by atoms with Gasteiger partial charge in [0.2, 0.25) is 0 Å². The summed E-state index contributed by atoms with van der Waals surface area (Å²) in [5.41, 5.74) is 3.28. The van der Waals surface area contributed by atoms with Crippen molar-refractivity contribution >= 4 is 30.2 Å². The maximum absolute atomic E-state index is 4.78. The van der Waals surface area contributed by atoms with Gasteiger partial charge in [-0.3, -0.25) is 0 Å².